The minimum Gasteiger partial charge on any atom is -0.444 e. The molecule has 0 atom stereocenters. The normalized spacial score (nSPS) is 10.6. The van der Waals surface area contributed by atoms with Crippen LogP contribution in [0.1, 0.15) is 17.5 Å². The summed E-state index contributed by atoms with van der Waals surface area (Å²) in [6, 6.07) is 17.1. The average molecular weight is 337 g/mol. The number of aryl methyl sites for hydroxylation is 1. The van der Waals surface area contributed by atoms with E-state index in [1.165, 1.54) is 0 Å². The minimum absolute atomic E-state index is 0.184. The molecule has 2 aromatic carbocycles. The van der Waals surface area contributed by atoms with E-state index in [-0.39, 0.29) is 18.9 Å². The van der Waals surface area contributed by atoms with Gasteiger partial charge in [0, 0.05) is 22.9 Å². The number of nitrogens with two attached hydrogens (primary N) is 1. The number of rotatable bonds is 6. The number of hydrogen-bond acceptors (Lipinski definition) is 3. The zero-order chi connectivity index (χ0) is 17.6. The third-order valence-electron chi connectivity index (χ3n) is 3.87. The molecule has 1 heterocycles. The Morgan fingerprint density at radius 3 is 2.52 bits per heavy atom. The van der Waals surface area contributed by atoms with Crippen molar-refractivity contribution < 1.29 is 14.3 Å². The zero-order valence-corrected chi connectivity index (χ0v) is 13.6. The SMILES string of the molecule is NC(=O)CCc1c(NC(=O)OCc2ccccc2)[nH]c2ccccc12. The Balaban J connectivity index is 1.74. The Labute approximate surface area is 145 Å². The van der Waals surface area contributed by atoms with Crippen LogP contribution in [0.3, 0.4) is 0 Å². The van der Waals surface area contributed by atoms with Crippen LogP contribution in [0.15, 0.2) is 54.6 Å². The van der Waals surface area contributed by atoms with Crippen molar-refractivity contribution in [1.29, 1.82) is 0 Å². The number of primary amides is 1. The van der Waals surface area contributed by atoms with Crippen LogP contribution in [-0.2, 0) is 22.6 Å². The summed E-state index contributed by atoms with van der Waals surface area (Å²) >= 11 is 0. The second kappa shape index (κ2) is 7.53. The quantitative estimate of drug-likeness (QED) is 0.643. The van der Waals surface area contributed by atoms with E-state index < -0.39 is 6.09 Å². The van der Waals surface area contributed by atoms with E-state index in [9.17, 15) is 9.59 Å². The van der Waals surface area contributed by atoms with E-state index in [0.29, 0.717) is 12.2 Å². The molecule has 4 N–H and O–H groups in total. The number of amides is 2. The molecule has 25 heavy (non-hydrogen) atoms. The lowest BCUT2D eigenvalue weighted by atomic mass is 10.1. The second-order valence-electron chi connectivity index (χ2n) is 5.68. The fourth-order valence-electron chi connectivity index (χ4n) is 2.68. The Bertz CT molecular complexity index is 887. The Kier molecular flexibility index (Phi) is 4.99. The van der Waals surface area contributed by atoms with Gasteiger partial charge in [0.1, 0.15) is 12.4 Å². The van der Waals surface area contributed by atoms with E-state index in [0.717, 1.165) is 22.0 Å². The molecule has 2 amide bonds. The Hall–Kier alpha value is -3.28. The van der Waals surface area contributed by atoms with Crippen molar-refractivity contribution in [1.82, 2.24) is 4.98 Å². The molecule has 0 bridgehead atoms. The molecule has 0 radical (unpaired) electrons. The third-order valence-corrected chi connectivity index (χ3v) is 3.87. The molecule has 3 rings (SSSR count). The van der Waals surface area contributed by atoms with Crippen LogP contribution < -0.4 is 11.1 Å². The van der Waals surface area contributed by atoms with Crippen LogP contribution in [0.2, 0.25) is 0 Å². The predicted octanol–water partition coefficient (Wildman–Crippen LogP) is 3.33. The number of benzene rings is 2. The first-order valence-corrected chi connectivity index (χ1v) is 7.99. The van der Waals surface area contributed by atoms with Gasteiger partial charge in [-0.15, -0.1) is 0 Å². The molecule has 0 fully saturated rings. The summed E-state index contributed by atoms with van der Waals surface area (Å²) in [6.45, 7) is 0.184. The predicted molar refractivity (Wildman–Crippen MR) is 96.1 cm³/mol. The highest BCUT2D eigenvalue weighted by Crippen LogP contribution is 2.27. The first kappa shape index (κ1) is 16.6. The van der Waals surface area contributed by atoms with Gasteiger partial charge in [0.15, 0.2) is 0 Å². The van der Waals surface area contributed by atoms with Gasteiger partial charge in [0.25, 0.3) is 0 Å². The van der Waals surface area contributed by atoms with Crippen LogP contribution in [0, 0.1) is 0 Å². The summed E-state index contributed by atoms with van der Waals surface area (Å²) in [6.07, 6.45) is 0.0826. The number of fused-ring (bicyclic) bond motifs is 1. The molecule has 0 saturated carbocycles. The monoisotopic (exact) mass is 337 g/mol. The van der Waals surface area contributed by atoms with E-state index >= 15 is 0 Å². The molecule has 128 valence electrons. The van der Waals surface area contributed by atoms with Gasteiger partial charge < -0.3 is 15.5 Å². The first-order valence-electron chi connectivity index (χ1n) is 7.99. The number of ether oxygens (including phenoxy) is 1. The van der Waals surface area contributed by atoms with Crippen molar-refractivity contribution in [2.24, 2.45) is 5.73 Å². The number of nitrogens with one attached hydrogen (secondary N) is 2. The molecular formula is C19H19N3O3. The van der Waals surface area contributed by atoms with E-state index in [1.807, 2.05) is 54.6 Å². The van der Waals surface area contributed by atoms with Crippen molar-refractivity contribution in [3.63, 3.8) is 0 Å². The molecule has 0 saturated heterocycles. The largest absolute Gasteiger partial charge is 0.444 e. The summed E-state index contributed by atoms with van der Waals surface area (Å²) in [5, 5.41) is 3.67. The maximum Gasteiger partial charge on any atom is 0.413 e. The van der Waals surface area contributed by atoms with E-state index in [4.69, 9.17) is 10.5 Å². The van der Waals surface area contributed by atoms with Gasteiger partial charge in [0.05, 0.1) is 0 Å². The summed E-state index contributed by atoms with van der Waals surface area (Å²) in [5.74, 6) is 0.142. The molecule has 0 aliphatic carbocycles. The number of aromatic amines is 1. The minimum atomic E-state index is -0.560. The molecule has 1 aromatic heterocycles. The zero-order valence-electron chi connectivity index (χ0n) is 13.6. The maximum atomic E-state index is 12.1. The van der Waals surface area contributed by atoms with Gasteiger partial charge in [-0.3, -0.25) is 10.1 Å². The molecule has 0 spiro atoms. The van der Waals surface area contributed by atoms with E-state index in [2.05, 4.69) is 10.3 Å². The van der Waals surface area contributed by atoms with Crippen molar-refractivity contribution >= 4 is 28.7 Å². The summed E-state index contributed by atoms with van der Waals surface area (Å²) in [4.78, 5) is 26.4. The van der Waals surface area contributed by atoms with E-state index in [1.54, 1.807) is 0 Å². The Morgan fingerprint density at radius 1 is 1.04 bits per heavy atom. The van der Waals surface area contributed by atoms with Crippen molar-refractivity contribution in [2.75, 3.05) is 5.32 Å². The number of H-pyrrole nitrogens is 1. The van der Waals surface area contributed by atoms with Gasteiger partial charge in [-0.2, -0.15) is 0 Å². The number of hydrogen-bond donors (Lipinski definition) is 3. The smallest absolute Gasteiger partial charge is 0.413 e. The molecule has 0 unspecified atom stereocenters. The summed E-state index contributed by atoms with van der Waals surface area (Å²) in [5.41, 5.74) is 7.88. The lowest BCUT2D eigenvalue weighted by Crippen LogP contribution is -2.16. The van der Waals surface area contributed by atoms with Crippen molar-refractivity contribution in [3.8, 4) is 0 Å². The fraction of sp³-hybridized carbons (Fsp3) is 0.158. The van der Waals surface area contributed by atoms with Crippen LogP contribution in [0.5, 0.6) is 0 Å². The molecule has 0 aliphatic heterocycles. The van der Waals surface area contributed by atoms with Gasteiger partial charge in [-0.1, -0.05) is 48.5 Å². The first-order chi connectivity index (χ1) is 12.1. The number of para-hydroxylation sites is 1. The number of aromatic nitrogens is 1. The van der Waals surface area contributed by atoms with Crippen LogP contribution >= 0.6 is 0 Å². The number of anilines is 1. The molecule has 3 aromatic rings. The van der Waals surface area contributed by atoms with Crippen molar-refractivity contribution in [3.05, 3.63) is 65.7 Å². The summed E-state index contributed by atoms with van der Waals surface area (Å²) < 4.78 is 5.25. The van der Waals surface area contributed by atoms with Crippen LogP contribution in [-0.4, -0.2) is 17.0 Å². The fourth-order valence-corrected chi connectivity index (χ4v) is 2.68. The van der Waals surface area contributed by atoms with Gasteiger partial charge in [0.2, 0.25) is 5.91 Å². The van der Waals surface area contributed by atoms with Gasteiger partial charge in [-0.05, 0) is 18.1 Å². The Morgan fingerprint density at radius 2 is 1.76 bits per heavy atom. The standard InChI is InChI=1S/C19H19N3O3/c20-17(23)11-10-15-14-8-4-5-9-16(14)21-18(15)22-19(24)25-12-13-6-2-1-3-7-13/h1-9,21H,10-12H2,(H2,20,23)(H,22,24). The summed E-state index contributed by atoms with van der Waals surface area (Å²) in [7, 11) is 0. The highest BCUT2D eigenvalue weighted by Gasteiger charge is 2.15. The van der Waals surface area contributed by atoms with Gasteiger partial charge >= 0.3 is 6.09 Å². The maximum absolute atomic E-state index is 12.1. The lowest BCUT2D eigenvalue weighted by molar-refractivity contribution is -0.117. The molecular weight excluding hydrogens is 318 g/mol. The molecule has 0 aliphatic rings. The third kappa shape index (κ3) is 4.17. The second-order valence-corrected chi connectivity index (χ2v) is 5.68. The highest BCUT2D eigenvalue weighted by molar-refractivity contribution is 5.94. The van der Waals surface area contributed by atoms with Crippen LogP contribution in [0.25, 0.3) is 10.9 Å². The molecule has 6 nitrogen and oxygen atoms in total. The number of carbonyl (C=O) groups excluding carboxylic acids is 2. The topological polar surface area (TPSA) is 97.2 Å². The van der Waals surface area contributed by atoms with Crippen molar-refractivity contribution in [2.45, 2.75) is 19.4 Å². The van der Waals surface area contributed by atoms with Gasteiger partial charge in [-0.25, -0.2) is 4.79 Å². The average Bonchev–Trinajstić information content (AvgIpc) is 2.96. The number of carbonyl (C=O) groups is 2. The molecule has 6 heteroatoms. The highest BCUT2D eigenvalue weighted by atomic mass is 16.5. The lowest BCUT2D eigenvalue weighted by Gasteiger charge is -2.08. The van der Waals surface area contributed by atoms with Crippen LogP contribution in [0.4, 0.5) is 10.6 Å².